The summed E-state index contributed by atoms with van der Waals surface area (Å²) in [6.45, 7) is 0.791. The van der Waals surface area contributed by atoms with Crippen molar-refractivity contribution in [2.24, 2.45) is 0 Å². The first-order valence-corrected chi connectivity index (χ1v) is 10.6. The number of ether oxygens (including phenoxy) is 1. The summed E-state index contributed by atoms with van der Waals surface area (Å²) in [6, 6.07) is 24.5. The van der Waals surface area contributed by atoms with Gasteiger partial charge in [0.1, 0.15) is 12.4 Å². The lowest BCUT2D eigenvalue weighted by Crippen LogP contribution is -2.28. The molecule has 29 heavy (non-hydrogen) atoms. The molecule has 2 N–H and O–H groups in total. The normalized spacial score (nSPS) is 11.0. The molecule has 3 aromatic rings. The number of carbonyl (C=O) groups excluding carboxylic acids is 1. The number of nitrogens with one attached hydrogen (secondary N) is 2. The van der Waals surface area contributed by atoms with E-state index >= 15 is 0 Å². The van der Waals surface area contributed by atoms with Crippen molar-refractivity contribution >= 4 is 15.9 Å². The summed E-state index contributed by atoms with van der Waals surface area (Å²) in [7, 11) is -3.73. The first kappa shape index (κ1) is 20.6. The summed E-state index contributed by atoms with van der Waals surface area (Å²) in [6.07, 6.45) is 0. The van der Waals surface area contributed by atoms with Crippen molar-refractivity contribution < 1.29 is 17.9 Å². The number of benzene rings is 3. The molecule has 150 valence electrons. The van der Waals surface area contributed by atoms with Crippen molar-refractivity contribution in [1.82, 2.24) is 10.0 Å². The lowest BCUT2D eigenvalue weighted by atomic mass is 10.2. The highest BCUT2D eigenvalue weighted by atomic mass is 32.2. The van der Waals surface area contributed by atoms with Gasteiger partial charge in [-0.25, -0.2) is 13.1 Å². The molecule has 0 aliphatic carbocycles. The minimum Gasteiger partial charge on any atom is -0.492 e. The van der Waals surface area contributed by atoms with Crippen molar-refractivity contribution in [3.8, 4) is 5.75 Å². The number of hydrogen-bond donors (Lipinski definition) is 2. The molecule has 0 spiro atoms. The molecule has 0 aromatic heterocycles. The molecule has 0 atom stereocenters. The molecule has 0 heterocycles. The molecule has 3 aromatic carbocycles. The largest absolute Gasteiger partial charge is 0.492 e. The molecule has 0 saturated carbocycles. The van der Waals surface area contributed by atoms with Crippen molar-refractivity contribution in [2.45, 2.75) is 11.4 Å². The van der Waals surface area contributed by atoms with Gasteiger partial charge in [0.25, 0.3) is 5.91 Å². The topological polar surface area (TPSA) is 84.5 Å². The predicted octanol–water partition coefficient (Wildman–Crippen LogP) is 2.97. The van der Waals surface area contributed by atoms with Crippen LogP contribution in [-0.4, -0.2) is 27.5 Å². The third kappa shape index (κ3) is 6.17. The average Bonchev–Trinajstić information content (AvgIpc) is 2.77. The Morgan fingerprint density at radius 1 is 0.862 bits per heavy atom. The van der Waals surface area contributed by atoms with E-state index in [1.54, 1.807) is 12.1 Å². The number of rotatable bonds is 9. The van der Waals surface area contributed by atoms with Crippen LogP contribution in [0.25, 0.3) is 0 Å². The lowest BCUT2D eigenvalue weighted by molar-refractivity contribution is 0.0947. The Morgan fingerprint density at radius 2 is 1.55 bits per heavy atom. The first-order valence-electron chi connectivity index (χ1n) is 9.14. The third-order valence-electron chi connectivity index (χ3n) is 4.12. The van der Waals surface area contributed by atoms with Gasteiger partial charge in [0.05, 0.1) is 11.4 Å². The number of carbonyl (C=O) groups is 1. The highest BCUT2D eigenvalue weighted by Gasteiger charge is 2.16. The van der Waals surface area contributed by atoms with Crippen molar-refractivity contribution in [2.75, 3.05) is 13.2 Å². The fourth-order valence-electron chi connectivity index (χ4n) is 2.61. The van der Waals surface area contributed by atoms with Crippen LogP contribution < -0.4 is 14.8 Å². The molecule has 0 radical (unpaired) electrons. The van der Waals surface area contributed by atoms with Crippen LogP contribution in [0.2, 0.25) is 0 Å². The molecule has 0 aliphatic heterocycles. The van der Waals surface area contributed by atoms with Gasteiger partial charge in [-0.1, -0.05) is 54.6 Å². The molecule has 0 fully saturated rings. The Balaban J connectivity index is 1.55. The van der Waals surface area contributed by atoms with E-state index in [1.807, 2.05) is 60.7 Å². The summed E-state index contributed by atoms with van der Waals surface area (Å²) < 4.78 is 33.1. The summed E-state index contributed by atoms with van der Waals surface area (Å²) in [5.74, 6) is 0.362. The van der Waals surface area contributed by atoms with Crippen LogP contribution in [0.1, 0.15) is 15.9 Å². The van der Waals surface area contributed by atoms with Crippen LogP contribution in [0, 0.1) is 0 Å². The lowest BCUT2D eigenvalue weighted by Gasteiger charge is -2.10. The highest BCUT2D eigenvalue weighted by Crippen LogP contribution is 2.13. The molecule has 0 saturated heterocycles. The fraction of sp³-hybridized carbons (Fsp3) is 0.136. The first-order chi connectivity index (χ1) is 14.0. The Labute approximate surface area is 170 Å². The van der Waals surface area contributed by atoms with Crippen LogP contribution >= 0.6 is 0 Å². The Kier molecular flexibility index (Phi) is 6.99. The van der Waals surface area contributed by atoms with Gasteiger partial charge >= 0.3 is 0 Å². The second-order valence-electron chi connectivity index (χ2n) is 6.26. The fourth-order valence-corrected chi connectivity index (χ4v) is 3.68. The maximum Gasteiger partial charge on any atom is 0.251 e. The van der Waals surface area contributed by atoms with Gasteiger partial charge in [0.15, 0.2) is 0 Å². The molecule has 1 amide bonds. The van der Waals surface area contributed by atoms with Crippen molar-refractivity contribution in [3.63, 3.8) is 0 Å². The maximum absolute atomic E-state index is 12.5. The van der Waals surface area contributed by atoms with Gasteiger partial charge in [0, 0.05) is 12.1 Å². The van der Waals surface area contributed by atoms with Gasteiger partial charge in [0.2, 0.25) is 10.0 Å². The van der Waals surface area contributed by atoms with E-state index in [4.69, 9.17) is 4.74 Å². The van der Waals surface area contributed by atoms with Gasteiger partial charge in [-0.2, -0.15) is 0 Å². The van der Waals surface area contributed by atoms with Gasteiger partial charge in [-0.15, -0.1) is 0 Å². The molecule has 3 rings (SSSR count). The number of hydrogen-bond acceptors (Lipinski definition) is 4. The monoisotopic (exact) mass is 410 g/mol. The minimum atomic E-state index is -3.73. The minimum absolute atomic E-state index is 0.0432. The third-order valence-corrected chi connectivity index (χ3v) is 5.51. The summed E-state index contributed by atoms with van der Waals surface area (Å²) in [4.78, 5) is 12.4. The van der Waals surface area contributed by atoms with Crippen LogP contribution in [0.5, 0.6) is 5.75 Å². The van der Waals surface area contributed by atoms with Gasteiger partial charge in [-0.3, -0.25) is 4.79 Å². The second kappa shape index (κ2) is 9.86. The number of para-hydroxylation sites is 1. The number of amides is 1. The van der Waals surface area contributed by atoms with Crippen LogP contribution in [-0.2, 0) is 16.6 Å². The molecular formula is C22H22N2O4S. The second-order valence-corrected chi connectivity index (χ2v) is 8.02. The van der Waals surface area contributed by atoms with E-state index in [-0.39, 0.29) is 22.9 Å². The molecule has 0 aliphatic rings. The summed E-state index contributed by atoms with van der Waals surface area (Å²) in [5.41, 5.74) is 1.12. The van der Waals surface area contributed by atoms with E-state index in [0.717, 1.165) is 11.3 Å². The van der Waals surface area contributed by atoms with E-state index in [0.29, 0.717) is 13.2 Å². The standard InChI is InChI=1S/C22H22N2O4S/c25-22(23-14-15-28-20-11-5-2-6-12-20)19-10-7-13-21(16-19)29(26,27)24-17-18-8-3-1-4-9-18/h1-13,16,24H,14-15,17H2,(H,23,25). The van der Waals surface area contributed by atoms with Crippen LogP contribution in [0.4, 0.5) is 0 Å². The number of sulfonamides is 1. The zero-order valence-electron chi connectivity index (χ0n) is 15.7. The van der Waals surface area contributed by atoms with Crippen LogP contribution in [0.15, 0.2) is 89.8 Å². The van der Waals surface area contributed by atoms with E-state index < -0.39 is 10.0 Å². The summed E-state index contributed by atoms with van der Waals surface area (Å²) >= 11 is 0. The van der Waals surface area contributed by atoms with Crippen LogP contribution in [0.3, 0.4) is 0 Å². The van der Waals surface area contributed by atoms with E-state index in [2.05, 4.69) is 10.0 Å². The Bertz CT molecular complexity index is 1040. The van der Waals surface area contributed by atoms with E-state index in [9.17, 15) is 13.2 Å². The Morgan fingerprint density at radius 3 is 2.28 bits per heavy atom. The zero-order valence-corrected chi connectivity index (χ0v) is 16.6. The maximum atomic E-state index is 12.5. The smallest absolute Gasteiger partial charge is 0.251 e. The molecule has 7 heteroatoms. The zero-order chi connectivity index (χ0) is 20.5. The SMILES string of the molecule is O=C(NCCOc1ccccc1)c1cccc(S(=O)(=O)NCc2ccccc2)c1. The molecular weight excluding hydrogens is 388 g/mol. The Hall–Kier alpha value is -3.16. The van der Waals surface area contributed by atoms with Crippen molar-refractivity contribution in [3.05, 3.63) is 96.1 Å². The predicted molar refractivity (Wildman–Crippen MR) is 111 cm³/mol. The molecule has 0 unspecified atom stereocenters. The average molecular weight is 410 g/mol. The summed E-state index contributed by atoms with van der Waals surface area (Å²) in [5, 5.41) is 2.73. The highest BCUT2D eigenvalue weighted by molar-refractivity contribution is 7.89. The van der Waals surface area contributed by atoms with Gasteiger partial charge < -0.3 is 10.1 Å². The van der Waals surface area contributed by atoms with Gasteiger partial charge in [-0.05, 0) is 35.9 Å². The van der Waals surface area contributed by atoms with Crippen molar-refractivity contribution in [1.29, 1.82) is 0 Å². The quantitative estimate of drug-likeness (QED) is 0.531. The van der Waals surface area contributed by atoms with E-state index in [1.165, 1.54) is 12.1 Å². The molecule has 6 nitrogen and oxygen atoms in total. The molecule has 0 bridgehead atoms.